The molecule has 184 valence electrons. The van der Waals surface area contributed by atoms with Crippen molar-refractivity contribution in [2.75, 3.05) is 18.4 Å². The van der Waals surface area contributed by atoms with Crippen LogP contribution in [-0.2, 0) is 27.4 Å². The summed E-state index contributed by atoms with van der Waals surface area (Å²) in [6.45, 7) is -0.243. The van der Waals surface area contributed by atoms with Crippen LogP contribution < -0.4 is 9.46 Å². The number of benzene rings is 2. The number of carbonyl (C=O) groups excluding carboxylic acids is 1. The molecule has 2 heterocycles. The van der Waals surface area contributed by atoms with Gasteiger partial charge in [0.25, 0.3) is 10.0 Å². The van der Waals surface area contributed by atoms with Gasteiger partial charge < -0.3 is 9.47 Å². The summed E-state index contributed by atoms with van der Waals surface area (Å²) in [5.41, 5.74) is -1.71. The number of nitrogens with one attached hydrogen (secondary N) is 1. The van der Waals surface area contributed by atoms with E-state index in [1.54, 1.807) is 0 Å². The standard InChI is InChI=1S/C22H15ClF4N2O5S/c1-33-20-16(23)6-13-8-18(20)35(31,32)29-17-7-11(2-3-15(17)22(25,26)27)14-10-28-19(24)9-12(14)4-5-34-21(13)30/h2-3,6-10,29H,4-5H2,1H3. The molecule has 1 N–H and O–H groups in total. The molecule has 0 aliphatic carbocycles. The molecule has 0 atom stereocenters. The molecule has 1 aliphatic heterocycles. The molecule has 4 bridgehead atoms. The van der Waals surface area contributed by atoms with E-state index in [2.05, 4.69) is 4.98 Å². The summed E-state index contributed by atoms with van der Waals surface area (Å²) < 4.78 is 93.6. The number of anilines is 1. The van der Waals surface area contributed by atoms with Crippen molar-refractivity contribution in [3.8, 4) is 16.9 Å². The third kappa shape index (κ3) is 4.89. The minimum Gasteiger partial charge on any atom is -0.494 e. The van der Waals surface area contributed by atoms with Gasteiger partial charge in [-0.15, -0.1) is 0 Å². The van der Waals surface area contributed by atoms with E-state index in [-0.39, 0.29) is 46.1 Å². The summed E-state index contributed by atoms with van der Waals surface area (Å²) in [6, 6.07) is 5.82. The van der Waals surface area contributed by atoms with Gasteiger partial charge in [0.05, 0.1) is 35.6 Å². The number of halogens is 5. The Morgan fingerprint density at radius 1 is 1.14 bits per heavy atom. The van der Waals surface area contributed by atoms with E-state index in [0.29, 0.717) is 6.07 Å². The average Bonchev–Trinajstić information content (AvgIpc) is 2.77. The van der Waals surface area contributed by atoms with Gasteiger partial charge in [-0.3, -0.25) is 4.72 Å². The fourth-order valence-corrected chi connectivity index (χ4v) is 5.24. The maximum Gasteiger partial charge on any atom is 0.418 e. The number of aromatic nitrogens is 1. The highest BCUT2D eigenvalue weighted by Gasteiger charge is 2.36. The van der Waals surface area contributed by atoms with Crippen LogP contribution >= 0.6 is 11.6 Å². The lowest BCUT2D eigenvalue weighted by Crippen LogP contribution is -2.19. The van der Waals surface area contributed by atoms with Gasteiger partial charge in [0, 0.05) is 18.2 Å². The molecule has 7 nitrogen and oxygen atoms in total. The number of hydrogen-bond acceptors (Lipinski definition) is 6. The number of alkyl halides is 3. The minimum atomic E-state index is -4.92. The molecule has 0 fully saturated rings. The summed E-state index contributed by atoms with van der Waals surface area (Å²) in [6.07, 6.45) is -3.82. The molecule has 0 saturated heterocycles. The highest BCUT2D eigenvalue weighted by atomic mass is 35.5. The first-order chi connectivity index (χ1) is 16.4. The molecule has 13 heteroatoms. The lowest BCUT2D eigenvalue weighted by molar-refractivity contribution is -0.136. The predicted molar refractivity (Wildman–Crippen MR) is 117 cm³/mol. The van der Waals surface area contributed by atoms with E-state index in [9.17, 15) is 30.8 Å². The van der Waals surface area contributed by atoms with Gasteiger partial charge in [0.1, 0.15) is 4.90 Å². The number of methoxy groups -OCH3 is 1. The van der Waals surface area contributed by atoms with Crippen LogP contribution in [0.15, 0.2) is 47.5 Å². The zero-order valence-corrected chi connectivity index (χ0v) is 19.3. The smallest absolute Gasteiger partial charge is 0.418 e. The van der Waals surface area contributed by atoms with Crippen molar-refractivity contribution in [2.45, 2.75) is 17.5 Å². The topological polar surface area (TPSA) is 94.6 Å². The Hall–Kier alpha value is -3.38. The Morgan fingerprint density at radius 3 is 2.57 bits per heavy atom. The fraction of sp³-hybridized carbons (Fsp3) is 0.182. The summed E-state index contributed by atoms with van der Waals surface area (Å²) in [4.78, 5) is 15.4. The average molecular weight is 531 g/mol. The molecule has 1 aliphatic rings. The number of esters is 1. The van der Waals surface area contributed by atoms with Gasteiger partial charge in [-0.2, -0.15) is 17.6 Å². The molecule has 3 aromatic rings. The Balaban J connectivity index is 2.01. The van der Waals surface area contributed by atoms with Crippen molar-refractivity contribution in [1.29, 1.82) is 0 Å². The maximum absolute atomic E-state index is 13.8. The number of hydrogen-bond donors (Lipinski definition) is 1. The number of pyridine rings is 1. The Bertz CT molecular complexity index is 1440. The van der Waals surface area contributed by atoms with Gasteiger partial charge >= 0.3 is 12.1 Å². The molecular formula is C22H15ClF4N2O5S. The van der Waals surface area contributed by atoms with E-state index >= 15 is 0 Å². The van der Waals surface area contributed by atoms with Gasteiger partial charge in [-0.05, 0) is 41.5 Å². The molecule has 0 amide bonds. The second kappa shape index (κ2) is 9.00. The summed E-state index contributed by atoms with van der Waals surface area (Å²) in [5, 5.41) is -0.280. The van der Waals surface area contributed by atoms with E-state index in [4.69, 9.17) is 21.1 Å². The largest absolute Gasteiger partial charge is 0.494 e. The molecule has 35 heavy (non-hydrogen) atoms. The fourth-order valence-electron chi connectivity index (χ4n) is 3.60. The second-order valence-corrected chi connectivity index (χ2v) is 9.46. The van der Waals surface area contributed by atoms with Crippen LogP contribution in [0, 0.1) is 5.95 Å². The maximum atomic E-state index is 13.8. The molecule has 0 saturated carbocycles. The quantitative estimate of drug-likeness (QED) is 0.268. The van der Waals surface area contributed by atoms with Gasteiger partial charge in [-0.1, -0.05) is 17.7 Å². The van der Waals surface area contributed by atoms with Crippen LogP contribution in [0.5, 0.6) is 5.75 Å². The number of carbonyl (C=O) groups is 1. The molecule has 0 spiro atoms. The van der Waals surface area contributed by atoms with Crippen LogP contribution in [0.4, 0.5) is 23.2 Å². The zero-order chi connectivity index (χ0) is 25.5. The Morgan fingerprint density at radius 2 is 1.89 bits per heavy atom. The number of nitrogens with zero attached hydrogens (tertiary/aromatic N) is 1. The highest BCUT2D eigenvalue weighted by molar-refractivity contribution is 7.92. The van der Waals surface area contributed by atoms with Crippen molar-refractivity contribution in [1.82, 2.24) is 4.98 Å². The summed E-state index contributed by atoms with van der Waals surface area (Å²) in [7, 11) is -3.65. The Labute approximate surface area is 201 Å². The van der Waals surface area contributed by atoms with Gasteiger partial charge in [-0.25, -0.2) is 18.2 Å². The highest BCUT2D eigenvalue weighted by Crippen LogP contribution is 2.40. The monoisotopic (exact) mass is 530 g/mol. The van der Waals surface area contributed by atoms with E-state index in [0.717, 1.165) is 43.6 Å². The lowest BCUT2D eigenvalue weighted by atomic mass is 9.98. The first kappa shape index (κ1) is 24.7. The first-order valence-corrected chi connectivity index (χ1v) is 11.7. The molecule has 0 radical (unpaired) electrons. The number of fused-ring (bicyclic) bond motifs is 6. The molecule has 0 unspecified atom stereocenters. The molecule has 4 rings (SSSR count). The molecule has 2 aromatic carbocycles. The van der Waals surface area contributed by atoms with Crippen LogP contribution in [0.2, 0.25) is 5.02 Å². The third-order valence-corrected chi connectivity index (χ3v) is 6.83. The van der Waals surface area contributed by atoms with Crippen molar-refractivity contribution < 1.29 is 40.2 Å². The van der Waals surface area contributed by atoms with Gasteiger partial charge in [0.2, 0.25) is 5.95 Å². The van der Waals surface area contributed by atoms with Crippen molar-refractivity contribution >= 4 is 33.3 Å². The van der Waals surface area contributed by atoms with Gasteiger partial charge in [0.15, 0.2) is 5.75 Å². The first-order valence-electron chi connectivity index (χ1n) is 9.84. The van der Waals surface area contributed by atoms with Crippen LogP contribution in [0.25, 0.3) is 11.1 Å². The van der Waals surface area contributed by atoms with E-state index in [1.165, 1.54) is 0 Å². The third-order valence-electron chi connectivity index (χ3n) is 5.18. The van der Waals surface area contributed by atoms with Crippen LogP contribution in [0.3, 0.4) is 0 Å². The molecule has 1 aromatic heterocycles. The lowest BCUT2D eigenvalue weighted by Gasteiger charge is -2.19. The SMILES string of the molecule is COc1c(Cl)cc2cc1S(=O)(=O)Nc1cc(ccc1C(F)(F)F)-c1cnc(F)cc1CCOC2=O. The van der Waals surface area contributed by atoms with Crippen molar-refractivity contribution in [3.05, 3.63) is 70.3 Å². The minimum absolute atomic E-state index is 0.000655. The van der Waals surface area contributed by atoms with Crippen molar-refractivity contribution in [2.24, 2.45) is 0 Å². The zero-order valence-electron chi connectivity index (χ0n) is 17.7. The summed E-state index contributed by atoms with van der Waals surface area (Å²) >= 11 is 6.09. The normalized spacial score (nSPS) is 15.3. The number of rotatable bonds is 1. The Kier molecular flexibility index (Phi) is 6.36. The van der Waals surface area contributed by atoms with Crippen LogP contribution in [-0.4, -0.2) is 33.1 Å². The number of sulfonamides is 1. The van der Waals surface area contributed by atoms with Crippen molar-refractivity contribution in [3.63, 3.8) is 0 Å². The predicted octanol–water partition coefficient (Wildman–Crippen LogP) is 5.08. The van der Waals surface area contributed by atoms with Crippen LogP contribution in [0.1, 0.15) is 21.5 Å². The summed E-state index contributed by atoms with van der Waals surface area (Å²) in [5.74, 6) is -2.18. The second-order valence-electron chi connectivity index (χ2n) is 7.40. The number of cyclic esters (lactones) is 1. The van der Waals surface area contributed by atoms with E-state index < -0.39 is 44.3 Å². The van der Waals surface area contributed by atoms with E-state index in [1.807, 2.05) is 4.72 Å². The number of ether oxygens (including phenoxy) is 2. The molecular weight excluding hydrogens is 516 g/mol.